The van der Waals surface area contributed by atoms with E-state index in [0.29, 0.717) is 25.7 Å². The number of thiophene rings is 1. The molecule has 2 heterocycles. The molecule has 1 atom stereocenters. The van der Waals surface area contributed by atoms with Gasteiger partial charge >= 0.3 is 0 Å². The number of ether oxygens (including phenoxy) is 2. The summed E-state index contributed by atoms with van der Waals surface area (Å²) in [6.45, 7) is 5.86. The van der Waals surface area contributed by atoms with Gasteiger partial charge in [0.05, 0.1) is 26.2 Å². The summed E-state index contributed by atoms with van der Waals surface area (Å²) in [5, 5.41) is 8.47. The molecule has 0 radical (unpaired) electrons. The number of hydrogen-bond acceptors (Lipinski definition) is 5. The van der Waals surface area contributed by atoms with Crippen LogP contribution < -0.4 is 20.1 Å². The number of hydrogen-bond donors (Lipinski definition) is 2. The third-order valence-corrected chi connectivity index (χ3v) is 5.58. The first-order valence-corrected chi connectivity index (χ1v) is 11.0. The molecule has 1 amide bonds. The van der Waals surface area contributed by atoms with E-state index in [-0.39, 0.29) is 18.6 Å². The highest BCUT2D eigenvalue weighted by atomic mass is 32.1. The van der Waals surface area contributed by atoms with E-state index in [1.165, 1.54) is 10.4 Å². The van der Waals surface area contributed by atoms with Gasteiger partial charge in [-0.2, -0.15) is 0 Å². The number of likely N-dealkylation sites (N-methyl/N-ethyl adjacent to an activating group) is 1. The Kier molecular flexibility index (Phi) is 7.57. The van der Waals surface area contributed by atoms with E-state index in [0.717, 1.165) is 23.5 Å². The van der Waals surface area contributed by atoms with Crippen molar-refractivity contribution in [1.82, 2.24) is 15.5 Å². The average Bonchev–Trinajstić information content (AvgIpc) is 3.35. The van der Waals surface area contributed by atoms with Crippen molar-refractivity contribution in [3.63, 3.8) is 0 Å². The van der Waals surface area contributed by atoms with Crippen LogP contribution in [0, 0.1) is 0 Å². The summed E-state index contributed by atoms with van der Waals surface area (Å²) in [5.41, 5.74) is 2.13. The lowest BCUT2D eigenvalue weighted by Crippen LogP contribution is -2.42. The average molecular weight is 431 g/mol. The lowest BCUT2D eigenvalue weighted by atomic mass is 10.1. The number of carbonyl (C=O) groups is 1. The van der Waals surface area contributed by atoms with Crippen LogP contribution in [-0.2, 0) is 24.3 Å². The van der Waals surface area contributed by atoms with Crippen LogP contribution in [0.2, 0.25) is 0 Å². The highest BCUT2D eigenvalue weighted by Gasteiger charge is 2.21. The Morgan fingerprint density at radius 1 is 1.37 bits per heavy atom. The van der Waals surface area contributed by atoms with Gasteiger partial charge in [-0.05, 0) is 37.4 Å². The molecule has 1 aliphatic rings. The maximum atomic E-state index is 12.0. The number of guanidine groups is 1. The molecule has 0 spiro atoms. The summed E-state index contributed by atoms with van der Waals surface area (Å²) in [7, 11) is 3.47. The largest absolute Gasteiger partial charge is 0.494 e. The molecule has 3 rings (SSSR count). The molecular weight excluding hydrogens is 400 g/mol. The first-order valence-electron chi connectivity index (χ1n) is 10.2. The van der Waals surface area contributed by atoms with Crippen LogP contribution >= 0.6 is 11.3 Å². The molecular formula is C22H30N4O3S. The SMILES string of the molecule is CCOc1cc2c(cc1CN=C(NCC(=O)N(C)C)NCc1cccs1)OC(C)C2. The summed E-state index contributed by atoms with van der Waals surface area (Å²) in [5.74, 6) is 2.30. The maximum Gasteiger partial charge on any atom is 0.241 e. The van der Waals surface area contributed by atoms with E-state index in [1.807, 2.05) is 24.4 Å². The second-order valence-electron chi connectivity index (χ2n) is 7.37. The number of nitrogens with zero attached hydrogens (tertiary/aromatic N) is 2. The Morgan fingerprint density at radius 3 is 2.90 bits per heavy atom. The predicted octanol–water partition coefficient (Wildman–Crippen LogP) is 2.79. The molecule has 162 valence electrons. The second-order valence-corrected chi connectivity index (χ2v) is 8.40. The third-order valence-electron chi connectivity index (χ3n) is 4.70. The van der Waals surface area contributed by atoms with Crippen LogP contribution in [0.25, 0.3) is 0 Å². The van der Waals surface area contributed by atoms with Crippen molar-refractivity contribution in [3.05, 3.63) is 45.6 Å². The summed E-state index contributed by atoms with van der Waals surface area (Å²) in [6.07, 6.45) is 1.07. The van der Waals surface area contributed by atoms with Gasteiger partial charge in [0.2, 0.25) is 5.91 Å². The summed E-state index contributed by atoms with van der Waals surface area (Å²) >= 11 is 1.67. The van der Waals surface area contributed by atoms with Crippen LogP contribution in [0.15, 0.2) is 34.6 Å². The fourth-order valence-corrected chi connectivity index (χ4v) is 3.78. The fourth-order valence-electron chi connectivity index (χ4n) is 3.13. The van der Waals surface area contributed by atoms with Crippen LogP contribution in [-0.4, -0.2) is 50.1 Å². The van der Waals surface area contributed by atoms with Crippen molar-refractivity contribution in [2.24, 2.45) is 4.99 Å². The Hall–Kier alpha value is -2.74. The van der Waals surface area contributed by atoms with E-state index in [1.54, 1.807) is 30.3 Å². The van der Waals surface area contributed by atoms with Crippen molar-refractivity contribution in [2.75, 3.05) is 27.2 Å². The van der Waals surface area contributed by atoms with Gasteiger partial charge in [-0.1, -0.05) is 6.07 Å². The number of nitrogens with one attached hydrogen (secondary N) is 2. The zero-order valence-corrected chi connectivity index (χ0v) is 18.8. The molecule has 1 aliphatic heterocycles. The van der Waals surface area contributed by atoms with E-state index >= 15 is 0 Å². The number of carbonyl (C=O) groups excluding carboxylic acids is 1. The first-order chi connectivity index (χ1) is 14.5. The molecule has 1 aromatic carbocycles. The second kappa shape index (κ2) is 10.3. The zero-order valence-electron chi connectivity index (χ0n) is 18.0. The predicted molar refractivity (Wildman–Crippen MR) is 120 cm³/mol. The highest BCUT2D eigenvalue weighted by Crippen LogP contribution is 2.35. The zero-order chi connectivity index (χ0) is 21.5. The monoisotopic (exact) mass is 430 g/mol. The van der Waals surface area contributed by atoms with Gasteiger partial charge in [-0.15, -0.1) is 11.3 Å². The van der Waals surface area contributed by atoms with Gasteiger partial charge < -0.3 is 25.0 Å². The molecule has 0 bridgehead atoms. The van der Waals surface area contributed by atoms with Gasteiger partial charge in [0, 0.05) is 36.5 Å². The highest BCUT2D eigenvalue weighted by molar-refractivity contribution is 7.09. The number of fused-ring (bicyclic) bond motifs is 1. The van der Waals surface area contributed by atoms with Crippen LogP contribution in [0.4, 0.5) is 0 Å². The summed E-state index contributed by atoms with van der Waals surface area (Å²) in [6, 6.07) is 8.16. The molecule has 7 nitrogen and oxygen atoms in total. The number of amides is 1. The van der Waals surface area contributed by atoms with Gasteiger partial charge in [-0.25, -0.2) is 4.99 Å². The minimum Gasteiger partial charge on any atom is -0.494 e. The first kappa shape index (κ1) is 22.0. The molecule has 2 aromatic rings. The third kappa shape index (κ3) is 5.89. The Bertz CT molecular complexity index is 881. The lowest BCUT2D eigenvalue weighted by Gasteiger charge is -2.15. The molecule has 8 heteroatoms. The molecule has 0 fully saturated rings. The van der Waals surface area contributed by atoms with Crippen molar-refractivity contribution in [3.8, 4) is 11.5 Å². The Morgan fingerprint density at radius 2 is 2.20 bits per heavy atom. The minimum absolute atomic E-state index is 0.0180. The fraction of sp³-hybridized carbons (Fsp3) is 0.455. The van der Waals surface area contributed by atoms with Crippen molar-refractivity contribution >= 4 is 23.2 Å². The molecule has 0 saturated heterocycles. The molecule has 1 aromatic heterocycles. The summed E-state index contributed by atoms with van der Waals surface area (Å²) in [4.78, 5) is 19.4. The van der Waals surface area contributed by atoms with Gasteiger partial charge in [0.25, 0.3) is 0 Å². The number of rotatable bonds is 8. The molecule has 30 heavy (non-hydrogen) atoms. The Balaban J connectivity index is 1.76. The molecule has 0 saturated carbocycles. The molecule has 1 unspecified atom stereocenters. The van der Waals surface area contributed by atoms with E-state index in [4.69, 9.17) is 14.5 Å². The normalized spacial score (nSPS) is 15.3. The maximum absolute atomic E-state index is 12.0. The lowest BCUT2D eigenvalue weighted by molar-refractivity contribution is -0.127. The van der Waals surface area contributed by atoms with Crippen LogP contribution in [0.5, 0.6) is 11.5 Å². The van der Waals surface area contributed by atoms with Gasteiger partial charge in [-0.3, -0.25) is 4.79 Å². The quantitative estimate of drug-likeness (QED) is 0.498. The van der Waals surface area contributed by atoms with Crippen LogP contribution in [0.1, 0.15) is 29.9 Å². The van der Waals surface area contributed by atoms with Gasteiger partial charge in [0.15, 0.2) is 5.96 Å². The molecule has 2 N–H and O–H groups in total. The van der Waals surface area contributed by atoms with Crippen LogP contribution in [0.3, 0.4) is 0 Å². The summed E-state index contributed by atoms with van der Waals surface area (Å²) < 4.78 is 11.8. The topological polar surface area (TPSA) is 75.2 Å². The smallest absolute Gasteiger partial charge is 0.241 e. The Labute approximate surface area is 182 Å². The minimum atomic E-state index is -0.0180. The van der Waals surface area contributed by atoms with E-state index < -0.39 is 0 Å². The van der Waals surface area contributed by atoms with Gasteiger partial charge in [0.1, 0.15) is 17.6 Å². The number of benzene rings is 1. The van der Waals surface area contributed by atoms with E-state index in [9.17, 15) is 4.79 Å². The number of aliphatic imine (C=N–C) groups is 1. The van der Waals surface area contributed by atoms with Crippen molar-refractivity contribution < 1.29 is 14.3 Å². The molecule has 0 aliphatic carbocycles. The van der Waals surface area contributed by atoms with Crippen molar-refractivity contribution in [2.45, 2.75) is 39.5 Å². The van der Waals surface area contributed by atoms with Crippen molar-refractivity contribution in [1.29, 1.82) is 0 Å². The standard InChI is InChI=1S/C22H30N4O3S/c1-5-28-19-10-16-9-15(2)29-20(16)11-17(19)12-23-22(25-14-21(27)26(3)4)24-13-18-7-6-8-30-18/h6-8,10-11,15H,5,9,12-14H2,1-4H3,(H2,23,24,25). The van der Waals surface area contributed by atoms with E-state index in [2.05, 4.69) is 29.7 Å².